The molecule has 3 aliphatic rings. The van der Waals surface area contributed by atoms with E-state index in [1.165, 1.54) is 16.9 Å². The molecule has 198 valence electrons. The van der Waals surface area contributed by atoms with Crippen molar-refractivity contribution in [2.75, 3.05) is 32.8 Å². The lowest BCUT2D eigenvalue weighted by Gasteiger charge is -2.32. The van der Waals surface area contributed by atoms with Crippen molar-refractivity contribution < 1.29 is 24.2 Å². The number of amides is 2. The zero-order valence-electron chi connectivity index (χ0n) is 22.0. The molecule has 2 N–H and O–H groups in total. The highest BCUT2D eigenvalue weighted by Gasteiger charge is 2.53. The van der Waals surface area contributed by atoms with Crippen LogP contribution in [0.25, 0.3) is 0 Å². The summed E-state index contributed by atoms with van der Waals surface area (Å²) >= 11 is 0. The summed E-state index contributed by atoms with van der Waals surface area (Å²) in [7, 11) is 0. The van der Waals surface area contributed by atoms with Gasteiger partial charge in [0, 0.05) is 5.56 Å². The number of benzene rings is 1. The Labute approximate surface area is 214 Å². The summed E-state index contributed by atoms with van der Waals surface area (Å²) in [6, 6.07) is 6.16. The summed E-state index contributed by atoms with van der Waals surface area (Å²) in [6.07, 6.45) is 2.24. The van der Waals surface area contributed by atoms with Crippen LogP contribution in [0.3, 0.4) is 0 Å². The van der Waals surface area contributed by atoms with Gasteiger partial charge in [-0.3, -0.25) is 14.4 Å². The molecule has 0 aromatic heterocycles. The molecular formula is C28H41N3O5. The van der Waals surface area contributed by atoms with Crippen LogP contribution in [0, 0.1) is 5.41 Å². The third-order valence-electron chi connectivity index (χ3n) is 7.63. The molecule has 0 radical (unpaired) electrons. The SMILES string of the molecule is CCCN1CCC(c2ccc(C(=O)N[C@@H](CC(C)(C)C)C(=O)N3C[C@@H](O)[C@H]4OCC(=O)[C@H]43)cc2)CC1. The number of hydrogen-bond acceptors (Lipinski definition) is 6. The number of carbonyl (C=O) groups excluding carboxylic acids is 3. The van der Waals surface area contributed by atoms with E-state index in [0.29, 0.717) is 17.9 Å². The third kappa shape index (κ3) is 5.98. The number of β-amino-alcohol motifs (C(OH)–C–C–N with tert-alkyl or cyclic N) is 1. The molecule has 3 aliphatic heterocycles. The molecule has 3 fully saturated rings. The second-order valence-electron chi connectivity index (χ2n) is 11.8. The second kappa shape index (κ2) is 11.0. The van der Waals surface area contributed by atoms with E-state index < -0.39 is 24.3 Å². The van der Waals surface area contributed by atoms with Crippen LogP contribution in [0.1, 0.15) is 75.2 Å². The summed E-state index contributed by atoms with van der Waals surface area (Å²) in [5, 5.41) is 13.2. The molecule has 3 heterocycles. The Morgan fingerprint density at radius 3 is 2.44 bits per heavy atom. The van der Waals surface area contributed by atoms with Gasteiger partial charge in [0.2, 0.25) is 5.91 Å². The van der Waals surface area contributed by atoms with Gasteiger partial charge in [-0.1, -0.05) is 39.8 Å². The van der Waals surface area contributed by atoms with E-state index in [9.17, 15) is 19.5 Å². The summed E-state index contributed by atoms with van der Waals surface area (Å²) in [5.41, 5.74) is 1.52. The topological polar surface area (TPSA) is 99.2 Å². The fraction of sp³-hybridized carbons (Fsp3) is 0.679. The highest BCUT2D eigenvalue weighted by Crippen LogP contribution is 2.31. The number of ether oxygens (including phenoxy) is 1. The molecule has 1 aromatic carbocycles. The van der Waals surface area contributed by atoms with Crippen LogP contribution in [-0.2, 0) is 14.3 Å². The van der Waals surface area contributed by atoms with Crippen molar-refractivity contribution in [3.8, 4) is 0 Å². The molecule has 36 heavy (non-hydrogen) atoms. The maximum Gasteiger partial charge on any atom is 0.251 e. The van der Waals surface area contributed by atoms with Crippen LogP contribution >= 0.6 is 0 Å². The molecule has 8 nitrogen and oxygen atoms in total. The average molecular weight is 500 g/mol. The maximum atomic E-state index is 13.5. The minimum Gasteiger partial charge on any atom is -0.388 e. The Hall–Kier alpha value is -2.29. The first-order chi connectivity index (χ1) is 17.1. The second-order valence-corrected chi connectivity index (χ2v) is 11.8. The van der Waals surface area contributed by atoms with Gasteiger partial charge in [0.15, 0.2) is 5.78 Å². The molecule has 1 aromatic rings. The predicted octanol–water partition coefficient (Wildman–Crippen LogP) is 2.35. The molecule has 3 saturated heterocycles. The lowest BCUT2D eigenvalue weighted by atomic mass is 9.87. The van der Waals surface area contributed by atoms with E-state index in [4.69, 9.17) is 4.74 Å². The van der Waals surface area contributed by atoms with Crippen molar-refractivity contribution in [1.29, 1.82) is 0 Å². The minimum atomic E-state index is -0.905. The van der Waals surface area contributed by atoms with Gasteiger partial charge >= 0.3 is 0 Å². The molecule has 4 atom stereocenters. The van der Waals surface area contributed by atoms with Crippen molar-refractivity contribution in [2.45, 2.75) is 83.6 Å². The van der Waals surface area contributed by atoms with Gasteiger partial charge in [0.05, 0.1) is 6.54 Å². The van der Waals surface area contributed by atoms with E-state index in [-0.39, 0.29) is 36.2 Å². The van der Waals surface area contributed by atoms with E-state index in [1.807, 2.05) is 45.0 Å². The molecule has 0 spiro atoms. The number of aliphatic hydroxyl groups excluding tert-OH is 1. The summed E-state index contributed by atoms with van der Waals surface area (Å²) in [4.78, 5) is 43.0. The third-order valence-corrected chi connectivity index (χ3v) is 7.63. The normalized spacial score (nSPS) is 26.2. The van der Waals surface area contributed by atoms with Crippen LogP contribution in [-0.4, -0.2) is 89.6 Å². The highest BCUT2D eigenvalue weighted by atomic mass is 16.5. The Bertz CT molecular complexity index is 949. The number of nitrogens with zero attached hydrogens (tertiary/aromatic N) is 2. The van der Waals surface area contributed by atoms with Gasteiger partial charge in [0.25, 0.3) is 5.91 Å². The van der Waals surface area contributed by atoms with Crippen LogP contribution in [0.15, 0.2) is 24.3 Å². The predicted molar refractivity (Wildman–Crippen MR) is 137 cm³/mol. The number of hydrogen-bond donors (Lipinski definition) is 2. The summed E-state index contributed by atoms with van der Waals surface area (Å²) in [5.74, 6) is -0.362. The zero-order valence-corrected chi connectivity index (χ0v) is 22.0. The van der Waals surface area contributed by atoms with Crippen LogP contribution in [0.2, 0.25) is 0 Å². The quantitative estimate of drug-likeness (QED) is 0.598. The number of aliphatic hydroxyl groups is 1. The highest BCUT2D eigenvalue weighted by molar-refractivity contribution is 5.99. The first-order valence-electron chi connectivity index (χ1n) is 13.3. The smallest absolute Gasteiger partial charge is 0.251 e. The van der Waals surface area contributed by atoms with E-state index >= 15 is 0 Å². The number of ketones is 1. The van der Waals surface area contributed by atoms with Crippen LogP contribution in [0.4, 0.5) is 0 Å². The molecule has 0 saturated carbocycles. The zero-order chi connectivity index (χ0) is 26.0. The standard InChI is InChI=1S/C28H41N3O5/c1-5-12-30-13-10-19(11-14-30)18-6-8-20(9-7-18)26(34)29-21(15-28(2,3)4)27(35)31-16-22(32)25-24(31)23(33)17-36-25/h6-9,19,21-22,24-25,32H,5,10-17H2,1-4H3,(H,29,34)/t21-,22+,24+,25+/m0/s1. The summed E-state index contributed by atoms with van der Waals surface area (Å²) in [6.45, 7) is 11.5. The monoisotopic (exact) mass is 499 g/mol. The van der Waals surface area contributed by atoms with Crippen molar-refractivity contribution in [2.24, 2.45) is 5.41 Å². The number of nitrogens with one attached hydrogen (secondary N) is 1. The lowest BCUT2D eigenvalue weighted by molar-refractivity contribution is -0.138. The fourth-order valence-corrected chi connectivity index (χ4v) is 5.82. The Kier molecular flexibility index (Phi) is 8.17. The number of fused-ring (bicyclic) bond motifs is 1. The van der Waals surface area contributed by atoms with E-state index in [0.717, 1.165) is 32.5 Å². The van der Waals surface area contributed by atoms with Gasteiger partial charge in [-0.05, 0) is 74.3 Å². The average Bonchev–Trinajstić information content (AvgIpc) is 3.38. The lowest BCUT2D eigenvalue weighted by Crippen LogP contribution is -2.53. The van der Waals surface area contributed by atoms with Gasteiger partial charge < -0.3 is 25.0 Å². The number of rotatable bonds is 7. The molecule has 4 rings (SSSR count). The first-order valence-corrected chi connectivity index (χ1v) is 13.3. The maximum absolute atomic E-state index is 13.5. The fourth-order valence-electron chi connectivity index (χ4n) is 5.82. The van der Waals surface area contributed by atoms with Crippen molar-refractivity contribution in [1.82, 2.24) is 15.1 Å². The number of piperidine rings is 1. The molecular weight excluding hydrogens is 458 g/mol. The number of carbonyl (C=O) groups is 3. The Balaban J connectivity index is 1.43. The summed E-state index contributed by atoms with van der Waals surface area (Å²) < 4.78 is 5.41. The molecule has 0 aliphatic carbocycles. The Morgan fingerprint density at radius 1 is 1.17 bits per heavy atom. The molecule has 0 bridgehead atoms. The van der Waals surface area contributed by atoms with Crippen LogP contribution in [0.5, 0.6) is 0 Å². The largest absolute Gasteiger partial charge is 0.388 e. The molecule has 0 unspecified atom stereocenters. The number of Topliss-reactive ketones (excluding diaryl/α,β-unsaturated/α-hetero) is 1. The van der Waals surface area contributed by atoms with E-state index in [2.05, 4.69) is 17.1 Å². The number of likely N-dealkylation sites (tertiary alicyclic amines) is 2. The molecule has 8 heteroatoms. The van der Waals surface area contributed by atoms with Gasteiger partial charge in [-0.25, -0.2) is 0 Å². The van der Waals surface area contributed by atoms with Crippen LogP contribution < -0.4 is 5.32 Å². The van der Waals surface area contributed by atoms with Crippen molar-refractivity contribution in [3.05, 3.63) is 35.4 Å². The minimum absolute atomic E-state index is 0.0300. The van der Waals surface area contributed by atoms with Crippen molar-refractivity contribution >= 4 is 17.6 Å². The van der Waals surface area contributed by atoms with Gasteiger partial charge in [0.1, 0.15) is 30.9 Å². The van der Waals surface area contributed by atoms with Crippen molar-refractivity contribution in [3.63, 3.8) is 0 Å². The first kappa shape index (κ1) is 26.8. The van der Waals surface area contributed by atoms with Gasteiger partial charge in [-0.15, -0.1) is 0 Å². The van der Waals surface area contributed by atoms with E-state index in [1.54, 1.807) is 0 Å². The Morgan fingerprint density at radius 2 is 1.83 bits per heavy atom. The van der Waals surface area contributed by atoms with Gasteiger partial charge in [-0.2, -0.15) is 0 Å². The molecule has 2 amide bonds.